The number of aromatic nitrogens is 4. The lowest BCUT2D eigenvalue weighted by molar-refractivity contribution is 0.317. The highest BCUT2D eigenvalue weighted by Crippen LogP contribution is 2.29. The predicted molar refractivity (Wildman–Crippen MR) is 98.9 cm³/mol. The van der Waals surface area contributed by atoms with Crippen LogP contribution in [-0.2, 0) is 13.6 Å². The third-order valence-electron chi connectivity index (χ3n) is 5.38. The van der Waals surface area contributed by atoms with E-state index in [1.165, 1.54) is 25.9 Å². The number of rotatable bonds is 4. The normalized spacial score (nSPS) is 21.8. The van der Waals surface area contributed by atoms with Crippen LogP contribution in [0.3, 0.4) is 0 Å². The summed E-state index contributed by atoms with van der Waals surface area (Å²) in [6.07, 6.45) is 6.62. The van der Waals surface area contributed by atoms with Crippen molar-refractivity contribution in [3.8, 4) is 0 Å². The minimum Gasteiger partial charge on any atom is -0.356 e. The van der Waals surface area contributed by atoms with Crippen molar-refractivity contribution in [1.29, 1.82) is 0 Å². The van der Waals surface area contributed by atoms with E-state index >= 15 is 0 Å². The molecule has 2 aromatic heterocycles. The van der Waals surface area contributed by atoms with E-state index in [0.29, 0.717) is 10.9 Å². The monoisotopic (exact) mass is 360 g/mol. The van der Waals surface area contributed by atoms with E-state index < -0.39 is 0 Å². The van der Waals surface area contributed by atoms with Gasteiger partial charge in [-0.1, -0.05) is 11.6 Å². The molecule has 0 N–H and O–H groups in total. The van der Waals surface area contributed by atoms with Crippen LogP contribution < -0.4 is 4.90 Å². The second-order valence-electron chi connectivity index (χ2n) is 7.14. The maximum atomic E-state index is 5.96. The molecule has 0 spiro atoms. The molecule has 6 nitrogen and oxygen atoms in total. The minimum absolute atomic E-state index is 0.399. The molecule has 134 valence electrons. The molecule has 2 aliphatic heterocycles. The van der Waals surface area contributed by atoms with Crippen molar-refractivity contribution >= 4 is 17.4 Å². The molecule has 2 saturated heterocycles. The van der Waals surface area contributed by atoms with Crippen LogP contribution in [0.2, 0.25) is 5.02 Å². The van der Waals surface area contributed by atoms with Gasteiger partial charge in [0.15, 0.2) is 0 Å². The molecule has 0 bridgehead atoms. The number of pyridine rings is 1. The first-order valence-corrected chi connectivity index (χ1v) is 9.55. The zero-order valence-corrected chi connectivity index (χ0v) is 15.5. The summed E-state index contributed by atoms with van der Waals surface area (Å²) in [7, 11) is 2.11. The molecule has 4 heterocycles. The zero-order valence-electron chi connectivity index (χ0n) is 14.7. The van der Waals surface area contributed by atoms with Gasteiger partial charge in [-0.2, -0.15) is 0 Å². The summed E-state index contributed by atoms with van der Waals surface area (Å²) in [6, 6.07) is 3.91. The quantitative estimate of drug-likeness (QED) is 0.839. The Labute approximate surface area is 153 Å². The lowest BCUT2D eigenvalue weighted by atomic mass is 9.97. The van der Waals surface area contributed by atoms with Crippen molar-refractivity contribution in [2.75, 3.05) is 31.1 Å². The van der Waals surface area contributed by atoms with Crippen molar-refractivity contribution in [2.24, 2.45) is 7.05 Å². The van der Waals surface area contributed by atoms with Crippen LogP contribution in [0.4, 0.5) is 5.82 Å². The Morgan fingerprint density at radius 3 is 2.72 bits per heavy atom. The maximum absolute atomic E-state index is 5.96. The predicted octanol–water partition coefficient (Wildman–Crippen LogP) is 2.84. The van der Waals surface area contributed by atoms with Crippen LogP contribution in [0.5, 0.6) is 0 Å². The standard InChI is InChI=1S/C18H25ClN6/c1-23-17(13-24-8-2-3-9-24)21-22-18(23)14-5-4-10-25(12-14)16-7-6-15(19)11-20-16/h6-7,11,14H,2-5,8-10,12-13H2,1H3. The van der Waals surface area contributed by atoms with Crippen LogP contribution >= 0.6 is 11.6 Å². The van der Waals surface area contributed by atoms with Gasteiger partial charge in [0.2, 0.25) is 0 Å². The number of halogens is 1. The van der Waals surface area contributed by atoms with E-state index in [-0.39, 0.29) is 0 Å². The Morgan fingerprint density at radius 2 is 1.96 bits per heavy atom. The Balaban J connectivity index is 1.47. The van der Waals surface area contributed by atoms with Crippen molar-refractivity contribution in [3.05, 3.63) is 35.0 Å². The topological polar surface area (TPSA) is 50.1 Å². The second-order valence-corrected chi connectivity index (χ2v) is 7.57. The summed E-state index contributed by atoms with van der Waals surface area (Å²) >= 11 is 5.96. The van der Waals surface area contributed by atoms with Gasteiger partial charge < -0.3 is 9.47 Å². The van der Waals surface area contributed by atoms with E-state index in [4.69, 9.17) is 11.6 Å². The Kier molecular flexibility index (Phi) is 4.90. The van der Waals surface area contributed by atoms with E-state index in [1.807, 2.05) is 12.1 Å². The van der Waals surface area contributed by atoms with E-state index in [0.717, 1.165) is 49.9 Å². The van der Waals surface area contributed by atoms with Crippen molar-refractivity contribution in [3.63, 3.8) is 0 Å². The smallest absolute Gasteiger partial charge is 0.146 e. The van der Waals surface area contributed by atoms with Gasteiger partial charge in [0.25, 0.3) is 0 Å². The molecule has 0 amide bonds. The van der Waals surface area contributed by atoms with Crippen LogP contribution in [-0.4, -0.2) is 50.8 Å². The van der Waals surface area contributed by atoms with Crippen molar-refractivity contribution < 1.29 is 0 Å². The SMILES string of the molecule is Cn1c(CN2CCCC2)nnc1C1CCCN(c2ccc(Cl)cn2)C1. The van der Waals surface area contributed by atoms with Crippen LogP contribution in [0.1, 0.15) is 43.3 Å². The number of hydrogen-bond donors (Lipinski definition) is 0. The average Bonchev–Trinajstić information content (AvgIpc) is 3.27. The first-order chi connectivity index (χ1) is 12.2. The summed E-state index contributed by atoms with van der Waals surface area (Å²) in [5, 5.41) is 9.70. The molecule has 4 rings (SSSR count). The van der Waals surface area contributed by atoms with Gasteiger partial charge in [0.1, 0.15) is 17.5 Å². The largest absolute Gasteiger partial charge is 0.356 e. The Hall–Kier alpha value is -1.66. The Bertz CT molecular complexity index is 707. The highest BCUT2D eigenvalue weighted by Gasteiger charge is 2.27. The lowest BCUT2D eigenvalue weighted by Crippen LogP contribution is -2.35. The fraction of sp³-hybridized carbons (Fsp3) is 0.611. The van der Waals surface area contributed by atoms with Gasteiger partial charge in [-0.3, -0.25) is 4.90 Å². The first kappa shape index (κ1) is 16.8. The van der Waals surface area contributed by atoms with Gasteiger partial charge in [-0.25, -0.2) is 4.98 Å². The molecule has 1 atom stereocenters. The molecular weight excluding hydrogens is 336 g/mol. The van der Waals surface area contributed by atoms with E-state index in [9.17, 15) is 0 Å². The fourth-order valence-electron chi connectivity index (χ4n) is 3.96. The Morgan fingerprint density at radius 1 is 1.12 bits per heavy atom. The maximum Gasteiger partial charge on any atom is 0.146 e. The molecule has 7 heteroatoms. The first-order valence-electron chi connectivity index (χ1n) is 9.18. The highest BCUT2D eigenvalue weighted by molar-refractivity contribution is 6.30. The number of likely N-dealkylation sites (tertiary alicyclic amines) is 1. The second kappa shape index (κ2) is 7.30. The molecule has 0 saturated carbocycles. The molecule has 2 aromatic rings. The summed E-state index contributed by atoms with van der Waals surface area (Å²) < 4.78 is 2.21. The number of nitrogens with zero attached hydrogens (tertiary/aromatic N) is 6. The van der Waals surface area contributed by atoms with Crippen molar-refractivity contribution in [1.82, 2.24) is 24.6 Å². The number of piperidine rings is 1. The van der Waals surface area contributed by atoms with Crippen molar-refractivity contribution in [2.45, 2.75) is 38.1 Å². The summed E-state index contributed by atoms with van der Waals surface area (Å²) in [5.41, 5.74) is 0. The van der Waals surface area contributed by atoms with Crippen LogP contribution in [0, 0.1) is 0 Å². The summed E-state index contributed by atoms with van der Waals surface area (Å²) in [6.45, 7) is 5.25. The molecular formula is C18H25ClN6. The lowest BCUT2D eigenvalue weighted by Gasteiger charge is -2.33. The molecule has 2 fully saturated rings. The molecule has 0 aliphatic carbocycles. The van der Waals surface area contributed by atoms with Gasteiger partial charge >= 0.3 is 0 Å². The van der Waals surface area contributed by atoms with Gasteiger partial charge in [0, 0.05) is 32.3 Å². The molecule has 1 unspecified atom stereocenters. The van der Waals surface area contributed by atoms with Gasteiger partial charge in [-0.15, -0.1) is 10.2 Å². The molecule has 25 heavy (non-hydrogen) atoms. The van der Waals surface area contributed by atoms with E-state index in [2.05, 4.69) is 36.6 Å². The number of hydrogen-bond acceptors (Lipinski definition) is 5. The van der Waals surface area contributed by atoms with E-state index in [1.54, 1.807) is 6.20 Å². The average molecular weight is 361 g/mol. The third-order valence-corrected chi connectivity index (χ3v) is 5.61. The number of anilines is 1. The molecule has 0 aromatic carbocycles. The van der Waals surface area contributed by atoms with Crippen LogP contribution in [0.25, 0.3) is 0 Å². The molecule has 0 radical (unpaired) electrons. The van der Waals surface area contributed by atoms with Gasteiger partial charge in [0.05, 0.1) is 11.6 Å². The molecule has 2 aliphatic rings. The summed E-state index contributed by atoms with van der Waals surface area (Å²) in [5.74, 6) is 3.58. The minimum atomic E-state index is 0.399. The third kappa shape index (κ3) is 3.65. The van der Waals surface area contributed by atoms with Crippen LogP contribution in [0.15, 0.2) is 18.3 Å². The zero-order chi connectivity index (χ0) is 17.2. The summed E-state index contributed by atoms with van der Waals surface area (Å²) in [4.78, 5) is 9.27. The van der Waals surface area contributed by atoms with Gasteiger partial charge in [-0.05, 0) is 50.9 Å². The fourth-order valence-corrected chi connectivity index (χ4v) is 4.07. The highest BCUT2D eigenvalue weighted by atomic mass is 35.5.